The SMILES string of the molecule is COc1cc(C(=O)Nc2ccccc2N2CCCC2=O)cc(OC)c1C. The molecule has 0 spiro atoms. The average molecular weight is 354 g/mol. The van der Waals surface area contributed by atoms with Crippen LogP contribution in [0.1, 0.15) is 28.8 Å². The maximum Gasteiger partial charge on any atom is 0.255 e. The predicted octanol–water partition coefficient (Wildman–Crippen LogP) is 3.39. The van der Waals surface area contributed by atoms with Crippen molar-refractivity contribution in [2.45, 2.75) is 19.8 Å². The molecule has 1 N–H and O–H groups in total. The van der Waals surface area contributed by atoms with Crippen LogP contribution in [0.2, 0.25) is 0 Å². The average Bonchev–Trinajstić information content (AvgIpc) is 3.08. The van der Waals surface area contributed by atoms with Crippen molar-refractivity contribution in [3.8, 4) is 11.5 Å². The maximum atomic E-state index is 12.8. The number of anilines is 2. The van der Waals surface area contributed by atoms with Gasteiger partial charge in [-0.3, -0.25) is 9.59 Å². The molecule has 0 aromatic heterocycles. The molecule has 6 heteroatoms. The number of benzene rings is 2. The number of hydrogen-bond acceptors (Lipinski definition) is 4. The highest BCUT2D eigenvalue weighted by Gasteiger charge is 2.24. The van der Waals surface area contributed by atoms with E-state index in [9.17, 15) is 9.59 Å². The molecule has 2 amide bonds. The number of hydrogen-bond donors (Lipinski definition) is 1. The van der Waals surface area contributed by atoms with Crippen LogP contribution in [-0.4, -0.2) is 32.6 Å². The molecule has 0 atom stereocenters. The molecule has 0 saturated carbocycles. The molecule has 6 nitrogen and oxygen atoms in total. The van der Waals surface area contributed by atoms with E-state index in [1.54, 1.807) is 37.3 Å². The molecule has 1 aliphatic rings. The number of methoxy groups -OCH3 is 2. The number of carbonyl (C=O) groups is 2. The smallest absolute Gasteiger partial charge is 0.255 e. The first-order valence-electron chi connectivity index (χ1n) is 8.48. The van der Waals surface area contributed by atoms with Gasteiger partial charge in [-0.15, -0.1) is 0 Å². The Kier molecular flexibility index (Phi) is 5.11. The van der Waals surface area contributed by atoms with Gasteiger partial charge in [-0.05, 0) is 37.6 Å². The topological polar surface area (TPSA) is 67.9 Å². The van der Waals surface area contributed by atoms with Crippen LogP contribution in [0.5, 0.6) is 11.5 Å². The lowest BCUT2D eigenvalue weighted by Crippen LogP contribution is -2.25. The van der Waals surface area contributed by atoms with Crippen LogP contribution < -0.4 is 19.7 Å². The lowest BCUT2D eigenvalue weighted by Gasteiger charge is -2.20. The van der Waals surface area contributed by atoms with E-state index in [1.807, 2.05) is 25.1 Å². The molecule has 1 heterocycles. The molecule has 1 aliphatic heterocycles. The molecule has 26 heavy (non-hydrogen) atoms. The standard InChI is InChI=1S/C20H22N2O4/c1-13-17(25-2)11-14(12-18(13)26-3)20(24)21-15-7-4-5-8-16(15)22-10-6-9-19(22)23/h4-5,7-8,11-12H,6,9-10H2,1-3H3,(H,21,24). The lowest BCUT2D eigenvalue weighted by molar-refractivity contribution is -0.117. The third kappa shape index (κ3) is 3.35. The molecular formula is C20H22N2O4. The van der Waals surface area contributed by atoms with Crippen LogP contribution in [0.3, 0.4) is 0 Å². The second-order valence-electron chi connectivity index (χ2n) is 6.13. The van der Waals surface area contributed by atoms with Crippen LogP contribution in [0.4, 0.5) is 11.4 Å². The van der Waals surface area contributed by atoms with Gasteiger partial charge in [0.1, 0.15) is 11.5 Å². The minimum absolute atomic E-state index is 0.0744. The number of para-hydroxylation sites is 2. The molecule has 0 bridgehead atoms. The summed E-state index contributed by atoms with van der Waals surface area (Å²) in [6, 6.07) is 10.7. The van der Waals surface area contributed by atoms with Gasteiger partial charge in [0, 0.05) is 24.1 Å². The summed E-state index contributed by atoms with van der Waals surface area (Å²) in [6.45, 7) is 2.53. The minimum Gasteiger partial charge on any atom is -0.496 e. The first kappa shape index (κ1) is 17.8. The summed E-state index contributed by atoms with van der Waals surface area (Å²) in [7, 11) is 3.11. The predicted molar refractivity (Wildman–Crippen MR) is 100 cm³/mol. The highest BCUT2D eigenvalue weighted by Crippen LogP contribution is 2.32. The van der Waals surface area contributed by atoms with Crippen molar-refractivity contribution in [1.82, 2.24) is 0 Å². The van der Waals surface area contributed by atoms with Crippen molar-refractivity contribution < 1.29 is 19.1 Å². The van der Waals surface area contributed by atoms with Crippen molar-refractivity contribution in [3.63, 3.8) is 0 Å². The van der Waals surface area contributed by atoms with Crippen molar-refractivity contribution >= 4 is 23.2 Å². The van der Waals surface area contributed by atoms with Gasteiger partial charge in [0.2, 0.25) is 5.91 Å². The van der Waals surface area contributed by atoms with Crippen molar-refractivity contribution in [3.05, 3.63) is 47.5 Å². The molecular weight excluding hydrogens is 332 g/mol. The molecule has 0 unspecified atom stereocenters. The van der Waals surface area contributed by atoms with Crippen LogP contribution in [-0.2, 0) is 4.79 Å². The second kappa shape index (κ2) is 7.47. The van der Waals surface area contributed by atoms with Gasteiger partial charge in [0.25, 0.3) is 5.91 Å². The van der Waals surface area contributed by atoms with Gasteiger partial charge in [-0.25, -0.2) is 0 Å². The number of nitrogens with one attached hydrogen (secondary N) is 1. The van der Waals surface area contributed by atoms with Crippen molar-refractivity contribution in [2.75, 3.05) is 31.0 Å². The number of ether oxygens (including phenoxy) is 2. The Morgan fingerprint density at radius 2 is 1.77 bits per heavy atom. The molecule has 0 aliphatic carbocycles. The van der Waals surface area contributed by atoms with Gasteiger partial charge >= 0.3 is 0 Å². The third-order valence-corrected chi connectivity index (χ3v) is 4.53. The van der Waals surface area contributed by atoms with E-state index < -0.39 is 0 Å². The van der Waals surface area contributed by atoms with E-state index in [0.29, 0.717) is 35.7 Å². The third-order valence-electron chi connectivity index (χ3n) is 4.53. The summed E-state index contributed by atoms with van der Waals surface area (Å²) in [5, 5.41) is 2.90. The van der Waals surface area contributed by atoms with Gasteiger partial charge in [0.05, 0.1) is 25.6 Å². The fourth-order valence-corrected chi connectivity index (χ4v) is 3.13. The monoisotopic (exact) mass is 354 g/mol. The first-order chi connectivity index (χ1) is 12.5. The highest BCUT2D eigenvalue weighted by atomic mass is 16.5. The Labute approximate surface area is 152 Å². The number of amides is 2. The molecule has 2 aromatic rings. The van der Waals surface area contributed by atoms with Gasteiger partial charge in [-0.1, -0.05) is 12.1 Å². The largest absolute Gasteiger partial charge is 0.496 e. The molecule has 0 radical (unpaired) electrons. The molecule has 1 fully saturated rings. The van der Waals surface area contributed by atoms with Crippen LogP contribution in [0.25, 0.3) is 0 Å². The fourth-order valence-electron chi connectivity index (χ4n) is 3.13. The zero-order chi connectivity index (χ0) is 18.7. The zero-order valence-electron chi connectivity index (χ0n) is 15.2. The maximum absolute atomic E-state index is 12.8. The Morgan fingerprint density at radius 1 is 1.12 bits per heavy atom. The second-order valence-corrected chi connectivity index (χ2v) is 6.13. The van der Waals surface area contributed by atoms with Gasteiger partial charge < -0.3 is 19.7 Å². The number of rotatable bonds is 5. The summed E-state index contributed by atoms with van der Waals surface area (Å²) in [5.41, 5.74) is 2.57. The fraction of sp³-hybridized carbons (Fsp3) is 0.300. The summed E-state index contributed by atoms with van der Waals surface area (Å²) in [5.74, 6) is 0.945. The summed E-state index contributed by atoms with van der Waals surface area (Å²) < 4.78 is 10.7. The molecule has 3 rings (SSSR count). The van der Waals surface area contributed by atoms with Crippen LogP contribution >= 0.6 is 0 Å². The van der Waals surface area contributed by atoms with Crippen molar-refractivity contribution in [2.24, 2.45) is 0 Å². The Hall–Kier alpha value is -3.02. The quantitative estimate of drug-likeness (QED) is 0.894. The Balaban J connectivity index is 1.91. The van der Waals surface area contributed by atoms with Crippen LogP contribution in [0, 0.1) is 6.92 Å². The van der Waals surface area contributed by atoms with E-state index in [-0.39, 0.29) is 11.8 Å². The number of nitrogens with zero attached hydrogens (tertiary/aromatic N) is 1. The van der Waals surface area contributed by atoms with E-state index in [2.05, 4.69) is 5.32 Å². The summed E-state index contributed by atoms with van der Waals surface area (Å²) in [4.78, 5) is 26.6. The van der Waals surface area contributed by atoms with E-state index in [0.717, 1.165) is 17.7 Å². The first-order valence-corrected chi connectivity index (χ1v) is 8.48. The lowest BCUT2D eigenvalue weighted by atomic mass is 10.1. The zero-order valence-corrected chi connectivity index (χ0v) is 15.2. The van der Waals surface area contributed by atoms with E-state index in [1.165, 1.54) is 0 Å². The van der Waals surface area contributed by atoms with Crippen molar-refractivity contribution in [1.29, 1.82) is 0 Å². The van der Waals surface area contributed by atoms with Crippen LogP contribution in [0.15, 0.2) is 36.4 Å². The van der Waals surface area contributed by atoms with Gasteiger partial charge in [-0.2, -0.15) is 0 Å². The van der Waals surface area contributed by atoms with E-state index >= 15 is 0 Å². The summed E-state index contributed by atoms with van der Waals surface area (Å²) >= 11 is 0. The molecule has 136 valence electrons. The normalized spacial score (nSPS) is 13.7. The Morgan fingerprint density at radius 3 is 2.35 bits per heavy atom. The summed E-state index contributed by atoms with van der Waals surface area (Å²) in [6.07, 6.45) is 1.36. The minimum atomic E-state index is -0.291. The highest BCUT2D eigenvalue weighted by molar-refractivity contribution is 6.08. The molecule has 1 saturated heterocycles. The number of carbonyl (C=O) groups excluding carboxylic acids is 2. The van der Waals surface area contributed by atoms with Gasteiger partial charge in [0.15, 0.2) is 0 Å². The Bertz CT molecular complexity index is 822. The molecule has 2 aromatic carbocycles. The van der Waals surface area contributed by atoms with E-state index in [4.69, 9.17) is 9.47 Å².